The molecule has 0 unspecified atom stereocenters. The molecular weight excluding hydrogens is 248 g/mol. The zero-order valence-electron chi connectivity index (χ0n) is 14.3. The summed E-state index contributed by atoms with van der Waals surface area (Å²) in [6, 6.07) is 0.177. The first kappa shape index (κ1) is 19.3. The highest BCUT2D eigenvalue weighted by atomic mass is 16.2. The normalized spacial score (nSPS) is 10.6. The number of hydrogen-bond donors (Lipinski definition) is 0. The standard InChI is InChI=1S/C17H36N2O/c1-5-7-9-11-13-15-19(17(20)18(3)4)16-14-12-10-8-6-2/h5-16H2,1-4H3. The monoisotopic (exact) mass is 284 g/mol. The lowest BCUT2D eigenvalue weighted by molar-refractivity contribution is 0.168. The summed E-state index contributed by atoms with van der Waals surface area (Å²) in [7, 11) is 3.70. The Morgan fingerprint density at radius 3 is 1.45 bits per heavy atom. The van der Waals surface area contributed by atoms with Crippen LogP contribution in [0.5, 0.6) is 0 Å². The molecule has 2 amide bonds. The molecule has 0 aromatic heterocycles. The van der Waals surface area contributed by atoms with Crippen molar-refractivity contribution in [2.75, 3.05) is 27.2 Å². The molecule has 0 saturated carbocycles. The second-order valence-electron chi connectivity index (χ2n) is 5.99. The van der Waals surface area contributed by atoms with E-state index in [1.165, 1.54) is 51.4 Å². The molecule has 0 aromatic rings. The third kappa shape index (κ3) is 10.1. The Labute approximate surface area is 126 Å². The van der Waals surface area contributed by atoms with Crippen LogP contribution in [0.2, 0.25) is 0 Å². The van der Waals surface area contributed by atoms with Crippen molar-refractivity contribution in [2.45, 2.75) is 78.1 Å². The molecular formula is C17H36N2O. The van der Waals surface area contributed by atoms with Crippen molar-refractivity contribution in [1.29, 1.82) is 0 Å². The third-order valence-electron chi connectivity index (χ3n) is 3.72. The van der Waals surface area contributed by atoms with E-state index >= 15 is 0 Å². The van der Waals surface area contributed by atoms with Gasteiger partial charge in [0.2, 0.25) is 0 Å². The fourth-order valence-corrected chi connectivity index (χ4v) is 2.40. The first-order valence-corrected chi connectivity index (χ1v) is 8.59. The molecule has 3 heteroatoms. The van der Waals surface area contributed by atoms with Gasteiger partial charge in [-0.05, 0) is 12.8 Å². The number of hydrogen-bond acceptors (Lipinski definition) is 1. The molecule has 0 saturated heterocycles. The highest BCUT2D eigenvalue weighted by molar-refractivity contribution is 5.73. The lowest BCUT2D eigenvalue weighted by Crippen LogP contribution is -2.40. The van der Waals surface area contributed by atoms with Gasteiger partial charge in [0, 0.05) is 27.2 Å². The number of rotatable bonds is 12. The lowest BCUT2D eigenvalue weighted by atomic mass is 10.1. The molecule has 0 radical (unpaired) electrons. The number of nitrogens with zero attached hydrogens (tertiary/aromatic N) is 2. The molecule has 3 nitrogen and oxygen atoms in total. The quantitative estimate of drug-likeness (QED) is 0.467. The number of carbonyl (C=O) groups is 1. The molecule has 20 heavy (non-hydrogen) atoms. The molecule has 0 aliphatic carbocycles. The second-order valence-corrected chi connectivity index (χ2v) is 5.99. The summed E-state index contributed by atoms with van der Waals surface area (Å²) in [5.41, 5.74) is 0. The maximum atomic E-state index is 12.1. The van der Waals surface area contributed by atoms with Crippen molar-refractivity contribution in [1.82, 2.24) is 9.80 Å². The minimum absolute atomic E-state index is 0.177. The van der Waals surface area contributed by atoms with Crippen molar-refractivity contribution >= 4 is 6.03 Å². The van der Waals surface area contributed by atoms with Gasteiger partial charge in [-0.15, -0.1) is 0 Å². The van der Waals surface area contributed by atoms with Crippen LogP contribution in [0.4, 0.5) is 4.79 Å². The maximum absolute atomic E-state index is 12.1. The third-order valence-corrected chi connectivity index (χ3v) is 3.72. The van der Waals surface area contributed by atoms with E-state index in [2.05, 4.69) is 13.8 Å². The lowest BCUT2D eigenvalue weighted by Gasteiger charge is -2.26. The topological polar surface area (TPSA) is 23.6 Å². The van der Waals surface area contributed by atoms with Crippen molar-refractivity contribution in [3.63, 3.8) is 0 Å². The summed E-state index contributed by atoms with van der Waals surface area (Å²) < 4.78 is 0. The Hall–Kier alpha value is -0.730. The summed E-state index contributed by atoms with van der Waals surface area (Å²) in [6.07, 6.45) is 12.6. The van der Waals surface area contributed by atoms with Crippen molar-refractivity contribution < 1.29 is 4.79 Å². The summed E-state index contributed by atoms with van der Waals surface area (Å²) in [6.45, 7) is 6.32. The van der Waals surface area contributed by atoms with Gasteiger partial charge in [-0.3, -0.25) is 0 Å². The second kappa shape index (κ2) is 13.3. The molecule has 0 bridgehead atoms. The number of amides is 2. The van der Waals surface area contributed by atoms with Crippen LogP contribution in [-0.4, -0.2) is 43.0 Å². The van der Waals surface area contributed by atoms with E-state index < -0.39 is 0 Å². The fourth-order valence-electron chi connectivity index (χ4n) is 2.40. The zero-order chi connectivity index (χ0) is 15.2. The van der Waals surface area contributed by atoms with E-state index in [4.69, 9.17) is 0 Å². The molecule has 0 aliphatic heterocycles. The van der Waals surface area contributed by atoms with Gasteiger partial charge in [0.05, 0.1) is 0 Å². The molecule has 0 heterocycles. The maximum Gasteiger partial charge on any atom is 0.319 e. The van der Waals surface area contributed by atoms with Gasteiger partial charge in [0.1, 0.15) is 0 Å². The van der Waals surface area contributed by atoms with Gasteiger partial charge >= 0.3 is 6.03 Å². The van der Waals surface area contributed by atoms with E-state index in [0.29, 0.717) is 0 Å². The van der Waals surface area contributed by atoms with Gasteiger partial charge in [-0.1, -0.05) is 65.2 Å². The van der Waals surface area contributed by atoms with E-state index in [0.717, 1.165) is 25.9 Å². The predicted molar refractivity (Wildman–Crippen MR) is 88.2 cm³/mol. The Bertz CT molecular complexity index is 215. The highest BCUT2D eigenvalue weighted by Gasteiger charge is 2.14. The molecule has 120 valence electrons. The Morgan fingerprint density at radius 2 is 1.10 bits per heavy atom. The van der Waals surface area contributed by atoms with E-state index in [1.54, 1.807) is 4.90 Å². The van der Waals surface area contributed by atoms with E-state index in [-0.39, 0.29) is 6.03 Å². The molecule has 0 atom stereocenters. The van der Waals surface area contributed by atoms with Crippen LogP contribution in [0.3, 0.4) is 0 Å². The molecule has 0 fully saturated rings. The highest BCUT2D eigenvalue weighted by Crippen LogP contribution is 2.08. The van der Waals surface area contributed by atoms with Crippen LogP contribution >= 0.6 is 0 Å². The Morgan fingerprint density at radius 1 is 0.700 bits per heavy atom. The van der Waals surface area contributed by atoms with Crippen molar-refractivity contribution in [2.24, 2.45) is 0 Å². The van der Waals surface area contributed by atoms with Gasteiger partial charge in [0.15, 0.2) is 0 Å². The average molecular weight is 284 g/mol. The van der Waals surface area contributed by atoms with Crippen LogP contribution in [0.15, 0.2) is 0 Å². The Kier molecular flexibility index (Phi) is 12.8. The van der Waals surface area contributed by atoms with Crippen LogP contribution in [-0.2, 0) is 0 Å². The van der Waals surface area contributed by atoms with Crippen LogP contribution in [0.1, 0.15) is 78.1 Å². The predicted octanol–water partition coefficient (Wildman–Crippen LogP) is 4.91. The molecule has 0 aromatic carbocycles. The van der Waals surface area contributed by atoms with Crippen LogP contribution < -0.4 is 0 Å². The van der Waals surface area contributed by atoms with Gasteiger partial charge in [-0.2, -0.15) is 0 Å². The van der Waals surface area contributed by atoms with Gasteiger partial charge in [0.25, 0.3) is 0 Å². The summed E-state index contributed by atoms with van der Waals surface area (Å²) in [4.78, 5) is 15.9. The van der Waals surface area contributed by atoms with Gasteiger partial charge < -0.3 is 9.80 Å². The number of unbranched alkanes of at least 4 members (excludes halogenated alkanes) is 8. The SMILES string of the molecule is CCCCCCCN(CCCCCCC)C(=O)N(C)C. The minimum Gasteiger partial charge on any atom is -0.331 e. The number of urea groups is 1. The van der Waals surface area contributed by atoms with Crippen LogP contribution in [0.25, 0.3) is 0 Å². The average Bonchev–Trinajstić information content (AvgIpc) is 2.43. The number of carbonyl (C=O) groups excluding carboxylic acids is 1. The van der Waals surface area contributed by atoms with E-state index in [1.807, 2.05) is 19.0 Å². The molecule has 0 rings (SSSR count). The Balaban J connectivity index is 3.92. The zero-order valence-corrected chi connectivity index (χ0v) is 14.3. The molecule has 0 N–H and O–H groups in total. The molecule has 0 spiro atoms. The smallest absolute Gasteiger partial charge is 0.319 e. The summed E-state index contributed by atoms with van der Waals surface area (Å²) >= 11 is 0. The largest absolute Gasteiger partial charge is 0.331 e. The summed E-state index contributed by atoms with van der Waals surface area (Å²) in [5.74, 6) is 0. The fraction of sp³-hybridized carbons (Fsp3) is 0.941. The minimum atomic E-state index is 0.177. The van der Waals surface area contributed by atoms with E-state index in [9.17, 15) is 4.79 Å². The first-order chi connectivity index (χ1) is 9.63. The van der Waals surface area contributed by atoms with Crippen molar-refractivity contribution in [3.05, 3.63) is 0 Å². The molecule has 0 aliphatic rings. The first-order valence-electron chi connectivity index (χ1n) is 8.59. The van der Waals surface area contributed by atoms with Crippen molar-refractivity contribution in [3.8, 4) is 0 Å². The summed E-state index contributed by atoms with van der Waals surface area (Å²) in [5, 5.41) is 0. The van der Waals surface area contributed by atoms with Crippen LogP contribution in [0, 0.1) is 0 Å². The van der Waals surface area contributed by atoms with Gasteiger partial charge in [-0.25, -0.2) is 4.79 Å².